The van der Waals surface area contributed by atoms with Gasteiger partial charge < -0.3 is 15.8 Å². The van der Waals surface area contributed by atoms with Gasteiger partial charge >= 0.3 is 0 Å². The van der Waals surface area contributed by atoms with Crippen LogP contribution in [0.3, 0.4) is 0 Å². The number of thioether (sulfide) groups is 1. The summed E-state index contributed by atoms with van der Waals surface area (Å²) >= 11 is 2.01. The van der Waals surface area contributed by atoms with E-state index in [9.17, 15) is 4.79 Å². The van der Waals surface area contributed by atoms with Crippen LogP contribution in [0.1, 0.15) is 12.8 Å². The number of anilines is 1. The molecule has 3 N–H and O–H groups in total. The molecule has 1 amide bonds. The molecule has 0 atom stereocenters. The SMILES string of the molecule is NC(=O)COc1cccc(NC2CCSCC2)c1. The Morgan fingerprint density at radius 1 is 1.44 bits per heavy atom. The molecule has 18 heavy (non-hydrogen) atoms. The molecule has 0 saturated carbocycles. The highest BCUT2D eigenvalue weighted by Crippen LogP contribution is 2.23. The fourth-order valence-corrected chi connectivity index (χ4v) is 3.01. The number of hydrogen-bond acceptors (Lipinski definition) is 4. The standard InChI is InChI=1S/C13H18N2O2S/c14-13(16)9-17-12-3-1-2-11(8-12)15-10-4-6-18-7-5-10/h1-3,8,10,15H,4-7,9H2,(H2,14,16). The first-order valence-electron chi connectivity index (χ1n) is 6.09. The van der Waals surface area contributed by atoms with Crippen LogP contribution in [-0.2, 0) is 4.79 Å². The van der Waals surface area contributed by atoms with Crippen molar-refractivity contribution in [2.75, 3.05) is 23.4 Å². The molecule has 1 aromatic carbocycles. The zero-order valence-corrected chi connectivity index (χ0v) is 11.0. The van der Waals surface area contributed by atoms with Crippen molar-refractivity contribution in [1.29, 1.82) is 0 Å². The van der Waals surface area contributed by atoms with Crippen LogP contribution in [0.2, 0.25) is 0 Å². The molecule has 1 fully saturated rings. The molecule has 0 radical (unpaired) electrons. The quantitative estimate of drug-likeness (QED) is 0.854. The Kier molecular flexibility index (Phi) is 4.75. The second kappa shape index (κ2) is 6.54. The minimum atomic E-state index is -0.460. The van der Waals surface area contributed by atoms with E-state index in [-0.39, 0.29) is 6.61 Å². The molecule has 1 aliphatic rings. The Balaban J connectivity index is 1.91. The van der Waals surface area contributed by atoms with Crippen molar-refractivity contribution in [3.8, 4) is 5.75 Å². The molecule has 0 aliphatic carbocycles. The highest BCUT2D eigenvalue weighted by molar-refractivity contribution is 7.99. The average Bonchev–Trinajstić information content (AvgIpc) is 2.38. The number of hydrogen-bond donors (Lipinski definition) is 2. The van der Waals surface area contributed by atoms with Gasteiger partial charge in [-0.15, -0.1) is 0 Å². The smallest absolute Gasteiger partial charge is 0.255 e. The predicted molar refractivity (Wildman–Crippen MR) is 75.1 cm³/mol. The maximum atomic E-state index is 10.7. The van der Waals surface area contributed by atoms with Gasteiger partial charge in [0.05, 0.1) is 0 Å². The van der Waals surface area contributed by atoms with E-state index < -0.39 is 5.91 Å². The van der Waals surface area contributed by atoms with Gasteiger partial charge in [-0.1, -0.05) is 6.07 Å². The summed E-state index contributed by atoms with van der Waals surface area (Å²) in [4.78, 5) is 10.7. The molecule has 0 unspecified atom stereocenters. The molecule has 0 spiro atoms. The lowest BCUT2D eigenvalue weighted by atomic mass is 10.1. The average molecular weight is 266 g/mol. The summed E-state index contributed by atoms with van der Waals surface area (Å²) in [6.07, 6.45) is 2.38. The topological polar surface area (TPSA) is 64.4 Å². The van der Waals surface area contributed by atoms with Crippen LogP contribution in [-0.4, -0.2) is 30.1 Å². The van der Waals surface area contributed by atoms with E-state index in [0.29, 0.717) is 11.8 Å². The van der Waals surface area contributed by atoms with Gasteiger partial charge in [0.15, 0.2) is 6.61 Å². The van der Waals surface area contributed by atoms with Crippen molar-refractivity contribution in [1.82, 2.24) is 0 Å². The van der Waals surface area contributed by atoms with E-state index in [0.717, 1.165) is 5.69 Å². The van der Waals surface area contributed by atoms with Gasteiger partial charge in [0.1, 0.15) is 5.75 Å². The molecule has 1 aliphatic heterocycles. The molecule has 1 heterocycles. The number of primary amides is 1. The lowest BCUT2D eigenvalue weighted by molar-refractivity contribution is -0.119. The maximum absolute atomic E-state index is 10.7. The Labute approximate surface area is 111 Å². The van der Waals surface area contributed by atoms with Gasteiger partial charge in [-0.25, -0.2) is 0 Å². The number of nitrogens with one attached hydrogen (secondary N) is 1. The molecule has 98 valence electrons. The number of ether oxygens (including phenoxy) is 1. The van der Waals surface area contributed by atoms with Crippen molar-refractivity contribution in [2.45, 2.75) is 18.9 Å². The zero-order valence-electron chi connectivity index (χ0n) is 10.2. The van der Waals surface area contributed by atoms with E-state index in [1.54, 1.807) is 0 Å². The number of carbonyl (C=O) groups excluding carboxylic acids is 1. The van der Waals surface area contributed by atoms with E-state index in [2.05, 4.69) is 5.32 Å². The van der Waals surface area contributed by atoms with E-state index in [4.69, 9.17) is 10.5 Å². The predicted octanol–water partition coefficient (Wildman–Crippen LogP) is 1.86. The summed E-state index contributed by atoms with van der Waals surface area (Å²) in [5, 5.41) is 3.50. The van der Waals surface area contributed by atoms with Crippen molar-refractivity contribution >= 4 is 23.4 Å². The summed E-state index contributed by atoms with van der Waals surface area (Å²) in [5.74, 6) is 2.65. The molecular weight excluding hydrogens is 248 g/mol. The summed E-state index contributed by atoms with van der Waals surface area (Å²) in [7, 11) is 0. The van der Waals surface area contributed by atoms with Crippen molar-refractivity contribution in [3.63, 3.8) is 0 Å². The number of nitrogens with two attached hydrogens (primary N) is 1. The Morgan fingerprint density at radius 3 is 2.94 bits per heavy atom. The second-order valence-corrected chi connectivity index (χ2v) is 5.54. The fourth-order valence-electron chi connectivity index (χ4n) is 1.91. The third kappa shape index (κ3) is 4.14. The first-order valence-corrected chi connectivity index (χ1v) is 7.25. The van der Waals surface area contributed by atoms with Crippen LogP contribution in [0, 0.1) is 0 Å². The molecule has 1 aromatic rings. The number of benzene rings is 1. The Morgan fingerprint density at radius 2 is 2.22 bits per heavy atom. The number of carbonyl (C=O) groups is 1. The van der Waals surface area contributed by atoms with Crippen LogP contribution in [0.4, 0.5) is 5.69 Å². The minimum absolute atomic E-state index is 0.0798. The van der Waals surface area contributed by atoms with Crippen molar-refractivity contribution in [3.05, 3.63) is 24.3 Å². The minimum Gasteiger partial charge on any atom is -0.484 e. The summed E-state index contributed by atoms with van der Waals surface area (Å²) in [6.45, 7) is -0.0798. The van der Waals surface area contributed by atoms with Gasteiger partial charge in [0.25, 0.3) is 5.91 Å². The highest BCUT2D eigenvalue weighted by atomic mass is 32.2. The molecule has 5 heteroatoms. The zero-order chi connectivity index (χ0) is 12.8. The Bertz CT molecular complexity index is 406. The molecule has 2 rings (SSSR count). The summed E-state index contributed by atoms with van der Waals surface area (Å²) in [6, 6.07) is 8.20. The van der Waals surface area contributed by atoms with Gasteiger partial charge in [-0.2, -0.15) is 11.8 Å². The summed E-state index contributed by atoms with van der Waals surface area (Å²) < 4.78 is 5.28. The lowest BCUT2D eigenvalue weighted by Crippen LogP contribution is -2.24. The Hall–Kier alpha value is -1.36. The maximum Gasteiger partial charge on any atom is 0.255 e. The van der Waals surface area contributed by atoms with E-state index in [1.165, 1.54) is 24.3 Å². The van der Waals surface area contributed by atoms with E-state index >= 15 is 0 Å². The largest absolute Gasteiger partial charge is 0.484 e. The van der Waals surface area contributed by atoms with Crippen LogP contribution in [0.5, 0.6) is 5.75 Å². The van der Waals surface area contributed by atoms with Crippen LogP contribution < -0.4 is 15.8 Å². The number of amides is 1. The van der Waals surface area contributed by atoms with Crippen molar-refractivity contribution in [2.24, 2.45) is 5.73 Å². The fraction of sp³-hybridized carbons (Fsp3) is 0.462. The molecule has 1 saturated heterocycles. The highest BCUT2D eigenvalue weighted by Gasteiger charge is 2.13. The van der Waals surface area contributed by atoms with Crippen LogP contribution in [0.15, 0.2) is 24.3 Å². The monoisotopic (exact) mass is 266 g/mol. The van der Waals surface area contributed by atoms with Crippen LogP contribution in [0.25, 0.3) is 0 Å². The third-order valence-electron chi connectivity index (χ3n) is 2.81. The second-order valence-electron chi connectivity index (χ2n) is 4.31. The third-order valence-corrected chi connectivity index (χ3v) is 3.86. The lowest BCUT2D eigenvalue weighted by Gasteiger charge is -2.23. The van der Waals surface area contributed by atoms with Gasteiger partial charge in [-0.05, 0) is 36.5 Å². The normalized spacial score (nSPS) is 16.2. The number of rotatable bonds is 5. The molecule has 4 nitrogen and oxygen atoms in total. The first-order chi connectivity index (χ1) is 8.74. The van der Waals surface area contributed by atoms with Crippen molar-refractivity contribution < 1.29 is 9.53 Å². The molecular formula is C13H18N2O2S. The van der Waals surface area contributed by atoms with Crippen LogP contribution >= 0.6 is 11.8 Å². The molecule has 0 bridgehead atoms. The van der Waals surface area contributed by atoms with Gasteiger partial charge in [0, 0.05) is 17.8 Å². The van der Waals surface area contributed by atoms with E-state index in [1.807, 2.05) is 36.0 Å². The first kappa shape index (κ1) is 13.1. The summed E-state index contributed by atoms with van der Waals surface area (Å²) in [5.41, 5.74) is 6.08. The molecule has 0 aromatic heterocycles. The van der Waals surface area contributed by atoms with Gasteiger partial charge in [0.2, 0.25) is 0 Å². The van der Waals surface area contributed by atoms with Gasteiger partial charge in [-0.3, -0.25) is 4.79 Å².